The van der Waals surface area contributed by atoms with E-state index in [1.54, 1.807) is 7.11 Å². The Morgan fingerprint density at radius 2 is 2.04 bits per heavy atom. The second-order valence-electron chi connectivity index (χ2n) is 6.91. The second kappa shape index (κ2) is 8.26. The van der Waals surface area contributed by atoms with E-state index < -0.39 is 9.84 Å². The lowest BCUT2D eigenvalue weighted by molar-refractivity contribution is 0.116. The SMILES string of the molecule is COc1cccc(CCNC(=O)N2CCN(C3CCS(=O)(=O)C3)CC2)c1. The summed E-state index contributed by atoms with van der Waals surface area (Å²) in [6.07, 6.45) is 1.47. The number of rotatable bonds is 5. The van der Waals surface area contributed by atoms with Crippen LogP contribution in [0.2, 0.25) is 0 Å². The van der Waals surface area contributed by atoms with Crippen molar-refractivity contribution in [3.05, 3.63) is 29.8 Å². The van der Waals surface area contributed by atoms with Crippen molar-refractivity contribution in [2.24, 2.45) is 0 Å². The fraction of sp³-hybridized carbons (Fsp3) is 0.611. The zero-order valence-electron chi connectivity index (χ0n) is 15.2. The Hall–Kier alpha value is -1.80. The highest BCUT2D eigenvalue weighted by molar-refractivity contribution is 7.91. The minimum Gasteiger partial charge on any atom is -0.497 e. The molecule has 1 atom stereocenters. The third-order valence-corrected chi connectivity index (χ3v) is 6.90. The lowest BCUT2D eigenvalue weighted by Crippen LogP contribution is -2.54. The summed E-state index contributed by atoms with van der Waals surface area (Å²) >= 11 is 0. The van der Waals surface area contributed by atoms with Crippen molar-refractivity contribution in [3.8, 4) is 5.75 Å². The lowest BCUT2D eigenvalue weighted by Gasteiger charge is -2.37. The molecule has 2 amide bonds. The van der Waals surface area contributed by atoms with E-state index in [1.807, 2.05) is 29.2 Å². The maximum Gasteiger partial charge on any atom is 0.317 e. The minimum absolute atomic E-state index is 0.0495. The van der Waals surface area contributed by atoms with Crippen LogP contribution >= 0.6 is 0 Å². The quantitative estimate of drug-likeness (QED) is 0.814. The normalized spacial score (nSPS) is 23.0. The van der Waals surface area contributed by atoms with Crippen molar-refractivity contribution in [1.29, 1.82) is 0 Å². The third-order valence-electron chi connectivity index (χ3n) is 5.15. The first-order chi connectivity index (χ1) is 12.5. The van der Waals surface area contributed by atoms with Crippen molar-refractivity contribution >= 4 is 15.9 Å². The lowest BCUT2D eigenvalue weighted by atomic mass is 10.1. The standard InChI is InChI=1S/C18H27N3O4S/c1-25-17-4-2-3-15(13-17)5-7-19-18(22)21-10-8-20(9-11-21)16-6-12-26(23,24)14-16/h2-4,13,16H,5-12,14H2,1H3,(H,19,22). The Morgan fingerprint density at radius 3 is 2.69 bits per heavy atom. The molecule has 0 aliphatic carbocycles. The average molecular weight is 381 g/mol. The Kier molecular flexibility index (Phi) is 6.03. The van der Waals surface area contributed by atoms with Crippen molar-refractivity contribution in [3.63, 3.8) is 0 Å². The van der Waals surface area contributed by atoms with Crippen LogP contribution in [0.25, 0.3) is 0 Å². The molecule has 7 nitrogen and oxygen atoms in total. The van der Waals surface area contributed by atoms with Gasteiger partial charge in [0, 0.05) is 38.8 Å². The first-order valence-corrected chi connectivity index (χ1v) is 10.9. The van der Waals surface area contributed by atoms with Crippen LogP contribution in [0.15, 0.2) is 24.3 Å². The van der Waals surface area contributed by atoms with Crippen LogP contribution in [0.4, 0.5) is 4.79 Å². The smallest absolute Gasteiger partial charge is 0.317 e. The van der Waals surface area contributed by atoms with Gasteiger partial charge in [0.15, 0.2) is 9.84 Å². The Labute approximate surface area is 155 Å². The van der Waals surface area contributed by atoms with Gasteiger partial charge in [0.25, 0.3) is 0 Å². The minimum atomic E-state index is -2.86. The van der Waals surface area contributed by atoms with E-state index in [1.165, 1.54) is 0 Å². The van der Waals surface area contributed by atoms with Crippen molar-refractivity contribution in [2.45, 2.75) is 18.9 Å². The second-order valence-corrected chi connectivity index (χ2v) is 9.14. The predicted molar refractivity (Wildman–Crippen MR) is 100 cm³/mol. The van der Waals surface area contributed by atoms with Gasteiger partial charge in [-0.3, -0.25) is 4.90 Å². The molecule has 2 aliphatic heterocycles. The van der Waals surface area contributed by atoms with E-state index >= 15 is 0 Å². The molecule has 0 radical (unpaired) electrons. The molecular formula is C18H27N3O4S. The molecule has 1 N–H and O–H groups in total. The first-order valence-electron chi connectivity index (χ1n) is 9.07. The van der Waals surface area contributed by atoms with Gasteiger partial charge in [-0.15, -0.1) is 0 Å². The molecule has 2 heterocycles. The van der Waals surface area contributed by atoms with Crippen LogP contribution in [-0.2, 0) is 16.3 Å². The number of benzene rings is 1. The molecule has 3 rings (SSSR count). The topological polar surface area (TPSA) is 79.0 Å². The summed E-state index contributed by atoms with van der Waals surface area (Å²) in [5.41, 5.74) is 1.12. The number of sulfone groups is 1. The summed E-state index contributed by atoms with van der Waals surface area (Å²) in [5.74, 6) is 1.38. The highest BCUT2D eigenvalue weighted by atomic mass is 32.2. The van der Waals surface area contributed by atoms with E-state index in [-0.39, 0.29) is 17.8 Å². The first kappa shape index (κ1) is 19.0. The van der Waals surface area contributed by atoms with Gasteiger partial charge in [-0.25, -0.2) is 13.2 Å². The van der Waals surface area contributed by atoms with E-state index in [0.717, 1.165) is 37.2 Å². The van der Waals surface area contributed by atoms with Crippen LogP contribution in [-0.4, -0.2) is 81.6 Å². The van der Waals surface area contributed by atoms with Crippen LogP contribution in [0.3, 0.4) is 0 Å². The van der Waals surface area contributed by atoms with E-state index in [9.17, 15) is 13.2 Å². The van der Waals surface area contributed by atoms with Crippen LogP contribution in [0, 0.1) is 0 Å². The van der Waals surface area contributed by atoms with Gasteiger partial charge in [-0.05, 0) is 30.5 Å². The fourth-order valence-electron chi connectivity index (χ4n) is 3.61. The van der Waals surface area contributed by atoms with Crippen molar-refractivity contribution in [1.82, 2.24) is 15.1 Å². The van der Waals surface area contributed by atoms with Crippen LogP contribution < -0.4 is 10.1 Å². The maximum atomic E-state index is 12.3. The Bertz CT molecular complexity index is 730. The highest BCUT2D eigenvalue weighted by Crippen LogP contribution is 2.19. The summed E-state index contributed by atoms with van der Waals surface area (Å²) in [6, 6.07) is 7.91. The number of carbonyl (C=O) groups is 1. The molecule has 0 spiro atoms. The number of ether oxygens (including phenoxy) is 1. The largest absolute Gasteiger partial charge is 0.497 e. The molecule has 1 unspecified atom stereocenters. The predicted octanol–water partition coefficient (Wildman–Crippen LogP) is 0.752. The van der Waals surface area contributed by atoms with Gasteiger partial charge in [-0.1, -0.05) is 12.1 Å². The third kappa shape index (κ3) is 4.88. The zero-order chi connectivity index (χ0) is 18.6. The van der Waals surface area contributed by atoms with Gasteiger partial charge in [0.2, 0.25) is 0 Å². The van der Waals surface area contributed by atoms with Crippen LogP contribution in [0.5, 0.6) is 5.75 Å². The number of nitrogens with one attached hydrogen (secondary N) is 1. The number of piperazine rings is 1. The molecule has 2 fully saturated rings. The zero-order valence-corrected chi connectivity index (χ0v) is 16.0. The fourth-order valence-corrected chi connectivity index (χ4v) is 5.37. The summed E-state index contributed by atoms with van der Waals surface area (Å²) < 4.78 is 28.4. The van der Waals surface area contributed by atoms with E-state index in [2.05, 4.69) is 10.2 Å². The van der Waals surface area contributed by atoms with Crippen LogP contribution in [0.1, 0.15) is 12.0 Å². The summed E-state index contributed by atoms with van der Waals surface area (Å²) in [5, 5.41) is 2.97. The average Bonchev–Trinajstić information content (AvgIpc) is 3.02. The highest BCUT2D eigenvalue weighted by Gasteiger charge is 2.34. The molecule has 144 valence electrons. The molecule has 0 saturated carbocycles. The molecule has 26 heavy (non-hydrogen) atoms. The van der Waals surface area contributed by atoms with Gasteiger partial charge in [0.1, 0.15) is 5.75 Å². The number of hydrogen-bond donors (Lipinski definition) is 1. The van der Waals surface area contributed by atoms with Gasteiger partial charge in [-0.2, -0.15) is 0 Å². The van der Waals surface area contributed by atoms with Crippen molar-refractivity contribution < 1.29 is 17.9 Å². The molecule has 0 aromatic heterocycles. The summed E-state index contributed by atoms with van der Waals surface area (Å²) in [7, 11) is -1.22. The van der Waals surface area contributed by atoms with Gasteiger partial charge in [0.05, 0.1) is 18.6 Å². The molecule has 1 aromatic carbocycles. The number of urea groups is 1. The maximum absolute atomic E-state index is 12.3. The molecular weight excluding hydrogens is 354 g/mol. The number of amides is 2. The van der Waals surface area contributed by atoms with E-state index in [0.29, 0.717) is 25.4 Å². The number of nitrogens with zero attached hydrogens (tertiary/aromatic N) is 2. The number of carbonyl (C=O) groups excluding carboxylic acids is 1. The Morgan fingerprint density at radius 1 is 1.27 bits per heavy atom. The number of methoxy groups -OCH3 is 1. The monoisotopic (exact) mass is 381 g/mol. The molecule has 2 saturated heterocycles. The van der Waals surface area contributed by atoms with Crippen molar-refractivity contribution in [2.75, 3.05) is 51.3 Å². The molecule has 8 heteroatoms. The molecule has 0 bridgehead atoms. The van der Waals surface area contributed by atoms with Gasteiger partial charge < -0.3 is 15.0 Å². The summed E-state index contributed by atoms with van der Waals surface area (Å²) in [4.78, 5) is 16.3. The summed E-state index contributed by atoms with van der Waals surface area (Å²) in [6.45, 7) is 3.34. The van der Waals surface area contributed by atoms with E-state index in [4.69, 9.17) is 4.74 Å². The number of hydrogen-bond acceptors (Lipinski definition) is 5. The van der Waals surface area contributed by atoms with Gasteiger partial charge >= 0.3 is 6.03 Å². The Balaban J connectivity index is 1.39. The molecule has 2 aliphatic rings. The molecule has 1 aromatic rings.